The molecule has 3 aromatic heterocycles. The number of rotatable bonds is 3. The van der Waals surface area contributed by atoms with Gasteiger partial charge in [0.2, 0.25) is 0 Å². The summed E-state index contributed by atoms with van der Waals surface area (Å²) in [6.07, 6.45) is 5.51. The standard InChI is InChI=1S/2C12H10N.C11H8N.Ir/c1-10-6-2-3-7-11(10)12-8-4-5-9-13-12;1-13-10-6-5-9-12(13)11-7-3-2-4-8-11;1-2-6-10(7-3-1)11-8-4-5-9-12-11;/h2-9H,1H2;2-7,9-10H,1H2;1-6,8-9H;/q3*-1;. The number of hydrogen-bond donors (Lipinski definition) is 0. The summed E-state index contributed by atoms with van der Waals surface area (Å²) in [7, 11) is 3.89. The van der Waals surface area contributed by atoms with Crippen molar-refractivity contribution in [2.24, 2.45) is 0 Å². The molecule has 3 nitrogen and oxygen atoms in total. The van der Waals surface area contributed by atoms with Crippen LogP contribution < -0.4 is 4.57 Å². The van der Waals surface area contributed by atoms with E-state index in [1.54, 1.807) is 12.4 Å². The smallest absolute Gasteiger partial charge is 0.115 e. The first-order valence-electron chi connectivity index (χ1n) is 12.2. The summed E-state index contributed by atoms with van der Waals surface area (Å²) in [5.74, 6) is 0. The van der Waals surface area contributed by atoms with Gasteiger partial charge in [0.25, 0.3) is 0 Å². The Labute approximate surface area is 245 Å². The molecule has 1 radical (unpaired) electrons. The van der Waals surface area contributed by atoms with E-state index >= 15 is 0 Å². The third-order valence-corrected chi connectivity index (χ3v) is 5.53. The molecule has 4 heteroatoms. The maximum absolute atomic E-state index is 4.27. The SMILES string of the molecule is [CH2-][n+]1ccccc1-c1[c-]cccc1.[CH2-]c1ccccc1-c1ccccn1.[Ir].[c-]1ccccc1-c1ccccn1. The van der Waals surface area contributed by atoms with Crippen molar-refractivity contribution in [2.45, 2.75) is 0 Å². The van der Waals surface area contributed by atoms with Crippen LogP contribution in [0.5, 0.6) is 0 Å². The monoisotopic (exact) mass is 683 g/mol. The van der Waals surface area contributed by atoms with Gasteiger partial charge in [0, 0.05) is 45.2 Å². The second-order valence-corrected chi connectivity index (χ2v) is 8.20. The van der Waals surface area contributed by atoms with Gasteiger partial charge < -0.3 is 9.55 Å². The van der Waals surface area contributed by atoms with Gasteiger partial charge in [0.15, 0.2) is 0 Å². The maximum Gasteiger partial charge on any atom is 0.115 e. The van der Waals surface area contributed by atoms with E-state index in [0.717, 1.165) is 39.3 Å². The van der Waals surface area contributed by atoms with Crippen molar-refractivity contribution >= 4 is 0 Å². The molecule has 0 spiro atoms. The molecule has 0 atom stereocenters. The molecular weight excluding hydrogens is 655 g/mol. The zero-order valence-corrected chi connectivity index (χ0v) is 23.8. The Morgan fingerprint density at radius 2 is 1.13 bits per heavy atom. The molecule has 0 unspecified atom stereocenters. The van der Waals surface area contributed by atoms with E-state index in [0.29, 0.717) is 0 Å². The summed E-state index contributed by atoms with van der Waals surface area (Å²) >= 11 is 0. The molecule has 3 heterocycles. The van der Waals surface area contributed by atoms with Crippen LogP contribution in [0.1, 0.15) is 5.56 Å². The first-order chi connectivity index (χ1) is 18.7. The first-order valence-corrected chi connectivity index (χ1v) is 12.2. The second kappa shape index (κ2) is 15.7. The van der Waals surface area contributed by atoms with Gasteiger partial charge >= 0.3 is 0 Å². The fraction of sp³-hybridized carbons (Fsp3) is 0. The van der Waals surface area contributed by atoms with Crippen molar-refractivity contribution in [2.75, 3.05) is 0 Å². The van der Waals surface area contributed by atoms with Crippen LogP contribution in [0.2, 0.25) is 0 Å². The fourth-order valence-corrected chi connectivity index (χ4v) is 3.64. The fourth-order valence-electron chi connectivity index (χ4n) is 3.64. The number of hydrogen-bond acceptors (Lipinski definition) is 2. The predicted octanol–water partition coefficient (Wildman–Crippen LogP) is 7.56. The van der Waals surface area contributed by atoms with Gasteiger partial charge in [-0.15, -0.1) is 83.9 Å². The molecule has 0 bridgehead atoms. The summed E-state index contributed by atoms with van der Waals surface area (Å²) < 4.78 is 1.84. The van der Waals surface area contributed by atoms with Crippen LogP contribution >= 0.6 is 0 Å². The van der Waals surface area contributed by atoms with Crippen molar-refractivity contribution in [3.8, 4) is 33.8 Å². The molecule has 195 valence electrons. The van der Waals surface area contributed by atoms with Gasteiger partial charge in [-0.1, -0.05) is 42.0 Å². The van der Waals surface area contributed by atoms with Gasteiger partial charge in [-0.2, -0.15) is 18.6 Å². The van der Waals surface area contributed by atoms with Crippen LogP contribution in [0.15, 0.2) is 146 Å². The number of aromatic nitrogens is 3. The molecule has 0 aliphatic carbocycles. The molecule has 6 aromatic rings. The van der Waals surface area contributed by atoms with E-state index in [9.17, 15) is 0 Å². The van der Waals surface area contributed by atoms with E-state index in [1.165, 1.54) is 0 Å². The number of benzene rings is 3. The van der Waals surface area contributed by atoms with E-state index in [2.05, 4.69) is 36.1 Å². The molecule has 0 saturated carbocycles. The predicted molar refractivity (Wildman–Crippen MR) is 154 cm³/mol. The molecular formula is C35H28IrN3-3. The van der Waals surface area contributed by atoms with Crippen molar-refractivity contribution in [3.63, 3.8) is 0 Å². The molecule has 0 aliphatic rings. The largest absolute Gasteiger partial charge is 0.321 e. The average Bonchev–Trinajstić information content (AvgIpc) is 3.00. The minimum Gasteiger partial charge on any atom is -0.321 e. The quantitative estimate of drug-likeness (QED) is 0.143. The van der Waals surface area contributed by atoms with Crippen LogP contribution in [0, 0.1) is 26.1 Å². The molecule has 0 N–H and O–H groups in total. The molecule has 39 heavy (non-hydrogen) atoms. The maximum atomic E-state index is 4.27. The molecule has 0 fully saturated rings. The van der Waals surface area contributed by atoms with E-state index < -0.39 is 0 Å². The van der Waals surface area contributed by atoms with E-state index in [-0.39, 0.29) is 20.1 Å². The zero-order chi connectivity index (χ0) is 26.4. The van der Waals surface area contributed by atoms with Crippen LogP contribution in [0.3, 0.4) is 0 Å². The third kappa shape index (κ3) is 8.79. The molecule has 0 aliphatic heterocycles. The van der Waals surface area contributed by atoms with Crippen LogP contribution in [0.4, 0.5) is 0 Å². The van der Waals surface area contributed by atoms with Crippen molar-refractivity contribution in [3.05, 3.63) is 178 Å². The minimum absolute atomic E-state index is 0. The molecule has 0 amide bonds. The van der Waals surface area contributed by atoms with Crippen molar-refractivity contribution in [1.82, 2.24) is 9.97 Å². The molecule has 3 aromatic carbocycles. The Morgan fingerprint density at radius 1 is 0.564 bits per heavy atom. The zero-order valence-electron chi connectivity index (χ0n) is 21.4. The first kappa shape index (κ1) is 29.1. The van der Waals surface area contributed by atoms with E-state index in [1.807, 2.05) is 138 Å². The Kier molecular flexibility index (Phi) is 11.7. The Balaban J connectivity index is 0.000000160. The Hall–Kier alpha value is -4.50. The van der Waals surface area contributed by atoms with E-state index in [4.69, 9.17) is 0 Å². The van der Waals surface area contributed by atoms with Gasteiger partial charge in [0.05, 0.1) is 6.20 Å². The number of pyridine rings is 3. The average molecular weight is 683 g/mol. The van der Waals surface area contributed by atoms with Crippen LogP contribution in [-0.2, 0) is 20.1 Å². The van der Waals surface area contributed by atoms with Gasteiger partial charge in [0.1, 0.15) is 5.69 Å². The minimum atomic E-state index is 0. The molecule has 0 saturated heterocycles. The van der Waals surface area contributed by atoms with Gasteiger partial charge in [-0.25, -0.2) is 0 Å². The topological polar surface area (TPSA) is 29.7 Å². The summed E-state index contributed by atoms with van der Waals surface area (Å²) in [5.41, 5.74) is 7.25. The Morgan fingerprint density at radius 3 is 1.69 bits per heavy atom. The van der Waals surface area contributed by atoms with Gasteiger partial charge in [-0.3, -0.25) is 4.98 Å². The summed E-state index contributed by atoms with van der Waals surface area (Å²) in [5, 5.41) is 0. The van der Waals surface area contributed by atoms with Crippen LogP contribution in [0.25, 0.3) is 33.8 Å². The number of nitrogens with zero attached hydrogens (tertiary/aromatic N) is 3. The summed E-state index contributed by atoms with van der Waals surface area (Å²) in [6, 6.07) is 47.7. The second-order valence-electron chi connectivity index (χ2n) is 8.20. The van der Waals surface area contributed by atoms with Crippen molar-refractivity contribution in [1.29, 1.82) is 0 Å². The Bertz CT molecular complexity index is 1390. The third-order valence-electron chi connectivity index (χ3n) is 5.53. The molecule has 6 rings (SSSR count). The summed E-state index contributed by atoms with van der Waals surface area (Å²) in [4.78, 5) is 8.49. The van der Waals surface area contributed by atoms with Gasteiger partial charge in [-0.05, 0) is 30.0 Å². The van der Waals surface area contributed by atoms with Crippen molar-refractivity contribution < 1.29 is 24.7 Å². The normalized spacial score (nSPS) is 9.54. The van der Waals surface area contributed by atoms with Crippen LogP contribution in [-0.4, -0.2) is 9.97 Å². The summed E-state index contributed by atoms with van der Waals surface area (Å²) in [6.45, 7) is 3.96.